The van der Waals surface area contributed by atoms with Crippen LogP contribution in [0.15, 0.2) is 42.5 Å². The molecule has 0 aliphatic carbocycles. The normalized spacial score (nSPS) is 13.0. The van der Waals surface area contributed by atoms with Crippen LogP contribution in [0.2, 0.25) is 0 Å². The molecule has 0 saturated carbocycles. The van der Waals surface area contributed by atoms with E-state index in [2.05, 4.69) is 37.4 Å². The Morgan fingerprint density at radius 3 is 2.52 bits per heavy atom. The fourth-order valence-electron chi connectivity index (χ4n) is 2.77. The van der Waals surface area contributed by atoms with Crippen molar-refractivity contribution in [3.8, 4) is 11.5 Å². The van der Waals surface area contributed by atoms with E-state index in [9.17, 15) is 4.79 Å². The lowest BCUT2D eigenvalue weighted by atomic mass is 10.00. The Hall–Kier alpha value is -2.49. The fourth-order valence-corrected chi connectivity index (χ4v) is 2.77. The summed E-state index contributed by atoms with van der Waals surface area (Å²) >= 11 is 0. The van der Waals surface area contributed by atoms with Gasteiger partial charge in [0.15, 0.2) is 6.10 Å². The van der Waals surface area contributed by atoms with Crippen LogP contribution in [0.25, 0.3) is 0 Å². The molecule has 4 heteroatoms. The second kappa shape index (κ2) is 8.56. The average molecular weight is 341 g/mol. The third-order valence-corrected chi connectivity index (χ3v) is 4.24. The number of amides is 1. The number of carbonyl (C=O) groups excluding carboxylic acids is 1. The first-order chi connectivity index (χ1) is 11.9. The smallest absolute Gasteiger partial charge is 0.261 e. The van der Waals surface area contributed by atoms with Gasteiger partial charge >= 0.3 is 0 Å². The van der Waals surface area contributed by atoms with Crippen LogP contribution in [0.3, 0.4) is 0 Å². The van der Waals surface area contributed by atoms with Crippen molar-refractivity contribution in [2.75, 3.05) is 7.11 Å². The minimum absolute atomic E-state index is 0.0737. The van der Waals surface area contributed by atoms with Crippen LogP contribution in [0.4, 0.5) is 0 Å². The fraction of sp³-hybridized carbons (Fsp3) is 0.381. The van der Waals surface area contributed by atoms with Crippen molar-refractivity contribution < 1.29 is 14.3 Å². The Morgan fingerprint density at radius 1 is 1.12 bits per heavy atom. The molecule has 4 nitrogen and oxygen atoms in total. The molecule has 0 aliphatic rings. The van der Waals surface area contributed by atoms with E-state index in [1.165, 1.54) is 11.1 Å². The highest BCUT2D eigenvalue weighted by atomic mass is 16.5. The molecule has 0 saturated heterocycles. The summed E-state index contributed by atoms with van der Waals surface area (Å²) in [5.74, 6) is 1.22. The zero-order chi connectivity index (χ0) is 18.4. The Labute approximate surface area is 150 Å². The van der Waals surface area contributed by atoms with Crippen molar-refractivity contribution in [3.05, 3.63) is 59.2 Å². The van der Waals surface area contributed by atoms with Gasteiger partial charge < -0.3 is 14.8 Å². The van der Waals surface area contributed by atoms with Gasteiger partial charge in [0.2, 0.25) is 0 Å². The molecule has 0 bridgehead atoms. The van der Waals surface area contributed by atoms with Gasteiger partial charge in [0, 0.05) is 6.07 Å². The maximum Gasteiger partial charge on any atom is 0.261 e. The zero-order valence-electron chi connectivity index (χ0n) is 15.6. The molecule has 0 spiro atoms. The average Bonchev–Trinajstić information content (AvgIpc) is 2.61. The van der Waals surface area contributed by atoms with E-state index in [1.807, 2.05) is 32.0 Å². The number of benzene rings is 2. The lowest BCUT2D eigenvalue weighted by Crippen LogP contribution is -2.39. The van der Waals surface area contributed by atoms with E-state index in [-0.39, 0.29) is 11.9 Å². The summed E-state index contributed by atoms with van der Waals surface area (Å²) in [6, 6.07) is 13.5. The highest BCUT2D eigenvalue weighted by molar-refractivity contribution is 5.81. The Kier molecular flexibility index (Phi) is 6.45. The van der Waals surface area contributed by atoms with Crippen molar-refractivity contribution >= 4 is 5.91 Å². The van der Waals surface area contributed by atoms with Crippen LogP contribution in [0.5, 0.6) is 11.5 Å². The quantitative estimate of drug-likeness (QED) is 0.814. The van der Waals surface area contributed by atoms with Crippen LogP contribution in [-0.2, 0) is 4.79 Å². The van der Waals surface area contributed by atoms with Gasteiger partial charge in [-0.3, -0.25) is 4.79 Å². The van der Waals surface area contributed by atoms with Crippen molar-refractivity contribution in [3.63, 3.8) is 0 Å². The van der Waals surface area contributed by atoms with Crippen LogP contribution >= 0.6 is 0 Å². The Balaban J connectivity index is 2.07. The molecule has 1 amide bonds. The first-order valence-electron chi connectivity index (χ1n) is 8.62. The number of rotatable bonds is 7. The Bertz CT molecular complexity index is 727. The molecular weight excluding hydrogens is 314 g/mol. The lowest BCUT2D eigenvalue weighted by Gasteiger charge is -2.22. The first kappa shape index (κ1) is 18.8. The van der Waals surface area contributed by atoms with E-state index in [0.29, 0.717) is 17.9 Å². The van der Waals surface area contributed by atoms with Gasteiger partial charge in [-0.05, 0) is 50.5 Å². The molecule has 0 aliphatic heterocycles. The summed E-state index contributed by atoms with van der Waals surface area (Å²) in [4.78, 5) is 12.6. The maximum atomic E-state index is 12.6. The van der Waals surface area contributed by atoms with E-state index in [0.717, 1.165) is 5.56 Å². The van der Waals surface area contributed by atoms with Gasteiger partial charge in [0.25, 0.3) is 5.91 Å². The monoisotopic (exact) mass is 341 g/mol. The Morgan fingerprint density at radius 2 is 1.84 bits per heavy atom. The van der Waals surface area contributed by atoms with E-state index < -0.39 is 6.10 Å². The number of aryl methyl sites for hydroxylation is 2. The SMILES string of the molecule is CC[C@H](Oc1cccc(OC)c1)C(=O)N[C@H](C)c1cc(C)ccc1C. The number of methoxy groups -OCH3 is 1. The van der Waals surface area contributed by atoms with E-state index >= 15 is 0 Å². The summed E-state index contributed by atoms with van der Waals surface area (Å²) in [7, 11) is 1.61. The summed E-state index contributed by atoms with van der Waals surface area (Å²) in [6.07, 6.45) is 0.0439. The van der Waals surface area contributed by atoms with E-state index in [4.69, 9.17) is 9.47 Å². The zero-order valence-corrected chi connectivity index (χ0v) is 15.6. The number of ether oxygens (including phenoxy) is 2. The van der Waals surface area contributed by atoms with Gasteiger partial charge in [-0.1, -0.05) is 36.8 Å². The van der Waals surface area contributed by atoms with Crippen molar-refractivity contribution in [1.82, 2.24) is 5.32 Å². The van der Waals surface area contributed by atoms with Crippen LogP contribution in [-0.4, -0.2) is 19.1 Å². The minimum Gasteiger partial charge on any atom is -0.497 e. The van der Waals surface area contributed by atoms with Gasteiger partial charge in [0.05, 0.1) is 13.2 Å². The molecule has 0 unspecified atom stereocenters. The molecule has 134 valence electrons. The molecule has 2 aromatic rings. The van der Waals surface area contributed by atoms with Crippen LogP contribution < -0.4 is 14.8 Å². The standard InChI is InChI=1S/C21H27NO3/c1-6-20(25-18-9-7-8-17(13-18)24-5)21(23)22-16(4)19-12-14(2)10-11-15(19)3/h7-13,16,20H,6H2,1-5H3,(H,22,23)/t16-,20+/m1/s1. The summed E-state index contributed by atoms with van der Waals surface area (Å²) in [6.45, 7) is 8.05. The topological polar surface area (TPSA) is 47.6 Å². The minimum atomic E-state index is -0.542. The second-order valence-corrected chi connectivity index (χ2v) is 6.28. The molecule has 2 atom stereocenters. The molecule has 1 N–H and O–H groups in total. The molecular formula is C21H27NO3. The highest BCUT2D eigenvalue weighted by Crippen LogP contribution is 2.22. The number of hydrogen-bond acceptors (Lipinski definition) is 3. The summed E-state index contributed by atoms with van der Waals surface area (Å²) in [5.41, 5.74) is 3.48. The van der Waals surface area contributed by atoms with Gasteiger partial charge in [0.1, 0.15) is 11.5 Å². The molecule has 0 aromatic heterocycles. The van der Waals surface area contributed by atoms with E-state index in [1.54, 1.807) is 13.2 Å². The predicted molar refractivity (Wildman–Crippen MR) is 100 cm³/mol. The van der Waals surface area contributed by atoms with Crippen LogP contribution in [0, 0.1) is 13.8 Å². The van der Waals surface area contributed by atoms with Crippen molar-refractivity contribution in [1.29, 1.82) is 0 Å². The maximum absolute atomic E-state index is 12.6. The number of carbonyl (C=O) groups is 1. The first-order valence-corrected chi connectivity index (χ1v) is 8.62. The number of nitrogens with one attached hydrogen (secondary N) is 1. The summed E-state index contributed by atoms with van der Waals surface area (Å²) < 4.78 is 11.1. The van der Waals surface area contributed by atoms with Crippen LogP contribution in [0.1, 0.15) is 43.0 Å². The van der Waals surface area contributed by atoms with Crippen molar-refractivity contribution in [2.45, 2.75) is 46.3 Å². The lowest BCUT2D eigenvalue weighted by molar-refractivity contribution is -0.128. The molecule has 0 fully saturated rings. The molecule has 2 aromatic carbocycles. The second-order valence-electron chi connectivity index (χ2n) is 6.28. The third kappa shape index (κ3) is 4.99. The summed E-state index contributed by atoms with van der Waals surface area (Å²) in [5, 5.41) is 3.07. The van der Waals surface area contributed by atoms with Crippen molar-refractivity contribution in [2.24, 2.45) is 0 Å². The predicted octanol–water partition coefficient (Wildman–Crippen LogP) is 4.35. The van der Waals surface area contributed by atoms with Gasteiger partial charge in [-0.25, -0.2) is 0 Å². The largest absolute Gasteiger partial charge is 0.497 e. The molecule has 2 rings (SSSR count). The third-order valence-electron chi connectivity index (χ3n) is 4.24. The van der Waals surface area contributed by atoms with Gasteiger partial charge in [-0.2, -0.15) is 0 Å². The molecule has 0 heterocycles. The number of hydrogen-bond donors (Lipinski definition) is 1. The molecule has 0 radical (unpaired) electrons. The highest BCUT2D eigenvalue weighted by Gasteiger charge is 2.21. The molecule has 25 heavy (non-hydrogen) atoms. The van der Waals surface area contributed by atoms with Gasteiger partial charge in [-0.15, -0.1) is 0 Å².